The van der Waals surface area contributed by atoms with Gasteiger partial charge in [0.1, 0.15) is 5.75 Å². The molecular formula is C13H19N3OS. The first-order chi connectivity index (χ1) is 8.69. The molecule has 1 heterocycles. The second-order valence-corrected chi connectivity index (χ2v) is 5.51. The van der Waals surface area contributed by atoms with Gasteiger partial charge in [-0.05, 0) is 39.2 Å². The molecule has 98 valence electrons. The van der Waals surface area contributed by atoms with E-state index in [2.05, 4.69) is 29.0 Å². The molecule has 0 aliphatic heterocycles. The normalized spacial score (nSPS) is 11.3. The number of benzene rings is 1. The molecule has 0 amide bonds. The van der Waals surface area contributed by atoms with E-state index in [-0.39, 0.29) is 0 Å². The number of thioether (sulfide) groups is 1. The number of H-pyrrole nitrogens is 1. The zero-order valence-corrected chi connectivity index (χ0v) is 11.9. The van der Waals surface area contributed by atoms with Crippen molar-refractivity contribution in [1.29, 1.82) is 0 Å². The van der Waals surface area contributed by atoms with Crippen LogP contribution < -0.4 is 4.74 Å². The highest BCUT2D eigenvalue weighted by molar-refractivity contribution is 7.99. The summed E-state index contributed by atoms with van der Waals surface area (Å²) in [5, 5.41) is 0.983. The molecular weight excluding hydrogens is 246 g/mol. The van der Waals surface area contributed by atoms with Crippen LogP contribution in [0.1, 0.15) is 6.42 Å². The second kappa shape index (κ2) is 6.11. The summed E-state index contributed by atoms with van der Waals surface area (Å²) in [7, 11) is 5.87. The average Bonchev–Trinajstić information content (AvgIpc) is 2.75. The van der Waals surface area contributed by atoms with Crippen LogP contribution >= 0.6 is 11.8 Å². The number of fused-ring (bicyclic) bond motifs is 1. The molecule has 1 N–H and O–H groups in total. The third-order valence-corrected chi connectivity index (χ3v) is 3.62. The van der Waals surface area contributed by atoms with E-state index in [1.165, 1.54) is 0 Å². The van der Waals surface area contributed by atoms with Gasteiger partial charge >= 0.3 is 0 Å². The summed E-state index contributed by atoms with van der Waals surface area (Å²) >= 11 is 1.77. The van der Waals surface area contributed by atoms with E-state index in [1.54, 1.807) is 18.9 Å². The number of aromatic nitrogens is 2. The van der Waals surface area contributed by atoms with Crippen LogP contribution in [0.25, 0.3) is 11.0 Å². The largest absolute Gasteiger partial charge is 0.497 e. The first-order valence-electron chi connectivity index (χ1n) is 6.00. The van der Waals surface area contributed by atoms with E-state index >= 15 is 0 Å². The van der Waals surface area contributed by atoms with Gasteiger partial charge in [-0.1, -0.05) is 11.8 Å². The molecule has 5 heteroatoms. The smallest absolute Gasteiger partial charge is 0.166 e. The highest BCUT2D eigenvalue weighted by Gasteiger charge is 2.04. The van der Waals surface area contributed by atoms with E-state index in [0.29, 0.717) is 0 Å². The number of imidazole rings is 1. The van der Waals surface area contributed by atoms with Crippen molar-refractivity contribution in [3.8, 4) is 5.75 Å². The molecule has 2 rings (SSSR count). The van der Waals surface area contributed by atoms with Crippen LogP contribution in [0.5, 0.6) is 5.75 Å². The molecule has 1 aromatic heterocycles. The minimum atomic E-state index is 0.857. The second-order valence-electron chi connectivity index (χ2n) is 4.43. The Balaban J connectivity index is 1.97. The minimum Gasteiger partial charge on any atom is -0.497 e. The Morgan fingerprint density at radius 2 is 2.22 bits per heavy atom. The lowest BCUT2D eigenvalue weighted by Crippen LogP contribution is -2.13. The van der Waals surface area contributed by atoms with Crippen LogP contribution in [0.3, 0.4) is 0 Å². The average molecular weight is 265 g/mol. The molecule has 2 aromatic rings. The van der Waals surface area contributed by atoms with Gasteiger partial charge in [-0.2, -0.15) is 0 Å². The maximum atomic E-state index is 5.20. The fourth-order valence-corrected chi connectivity index (χ4v) is 2.52. The van der Waals surface area contributed by atoms with E-state index < -0.39 is 0 Å². The number of nitrogens with one attached hydrogen (secondary N) is 1. The van der Waals surface area contributed by atoms with Gasteiger partial charge < -0.3 is 14.6 Å². The molecule has 0 spiro atoms. The molecule has 0 fully saturated rings. The van der Waals surface area contributed by atoms with E-state index in [4.69, 9.17) is 4.74 Å². The minimum absolute atomic E-state index is 0.857. The van der Waals surface area contributed by atoms with Crippen molar-refractivity contribution in [3.05, 3.63) is 18.2 Å². The first kappa shape index (κ1) is 13.2. The fraction of sp³-hybridized carbons (Fsp3) is 0.462. The van der Waals surface area contributed by atoms with Crippen LogP contribution in [0.4, 0.5) is 0 Å². The summed E-state index contributed by atoms with van der Waals surface area (Å²) < 4.78 is 5.20. The van der Waals surface area contributed by atoms with Crippen LogP contribution in [-0.2, 0) is 0 Å². The van der Waals surface area contributed by atoms with Gasteiger partial charge in [0.15, 0.2) is 5.16 Å². The Morgan fingerprint density at radius 3 is 2.94 bits per heavy atom. The Labute approximate surface area is 112 Å². The Kier molecular flexibility index (Phi) is 4.49. The van der Waals surface area contributed by atoms with Crippen molar-refractivity contribution in [1.82, 2.24) is 14.9 Å². The summed E-state index contributed by atoms with van der Waals surface area (Å²) in [6.45, 7) is 1.11. The number of ether oxygens (including phenoxy) is 1. The lowest BCUT2D eigenvalue weighted by Gasteiger charge is -2.07. The van der Waals surface area contributed by atoms with Gasteiger partial charge in [0.2, 0.25) is 0 Å². The monoisotopic (exact) mass is 265 g/mol. The predicted molar refractivity (Wildman–Crippen MR) is 76.5 cm³/mol. The van der Waals surface area contributed by atoms with Crippen molar-refractivity contribution in [2.24, 2.45) is 0 Å². The van der Waals surface area contributed by atoms with Crippen molar-refractivity contribution in [2.75, 3.05) is 33.5 Å². The van der Waals surface area contributed by atoms with Crippen molar-refractivity contribution >= 4 is 22.8 Å². The molecule has 0 saturated heterocycles. The summed E-state index contributed by atoms with van der Waals surface area (Å²) in [6, 6.07) is 5.89. The molecule has 0 radical (unpaired) electrons. The third-order valence-electron chi connectivity index (χ3n) is 2.66. The molecule has 0 bridgehead atoms. The van der Waals surface area contributed by atoms with Gasteiger partial charge in [-0.3, -0.25) is 0 Å². The number of rotatable bonds is 6. The van der Waals surface area contributed by atoms with Gasteiger partial charge in [-0.25, -0.2) is 4.98 Å². The van der Waals surface area contributed by atoms with Crippen LogP contribution in [0, 0.1) is 0 Å². The molecule has 0 saturated carbocycles. The summed E-state index contributed by atoms with van der Waals surface area (Å²) in [6.07, 6.45) is 1.16. The highest BCUT2D eigenvalue weighted by atomic mass is 32.2. The number of hydrogen-bond donors (Lipinski definition) is 1. The summed E-state index contributed by atoms with van der Waals surface area (Å²) in [5.41, 5.74) is 2.02. The van der Waals surface area contributed by atoms with Crippen LogP contribution in [-0.4, -0.2) is 48.4 Å². The lowest BCUT2D eigenvalue weighted by molar-refractivity contribution is 0.410. The maximum Gasteiger partial charge on any atom is 0.166 e. The van der Waals surface area contributed by atoms with Gasteiger partial charge in [-0.15, -0.1) is 0 Å². The quantitative estimate of drug-likeness (QED) is 0.644. The molecule has 18 heavy (non-hydrogen) atoms. The number of nitrogens with zero attached hydrogens (tertiary/aromatic N) is 2. The van der Waals surface area contributed by atoms with Crippen molar-refractivity contribution < 1.29 is 4.74 Å². The maximum absolute atomic E-state index is 5.20. The van der Waals surface area contributed by atoms with E-state index in [1.807, 2.05) is 18.2 Å². The van der Waals surface area contributed by atoms with E-state index in [0.717, 1.165) is 40.7 Å². The van der Waals surface area contributed by atoms with Crippen molar-refractivity contribution in [3.63, 3.8) is 0 Å². The lowest BCUT2D eigenvalue weighted by atomic mass is 10.3. The fourth-order valence-electron chi connectivity index (χ4n) is 1.71. The number of hydrogen-bond acceptors (Lipinski definition) is 4. The topological polar surface area (TPSA) is 41.1 Å². The number of aromatic amines is 1. The summed E-state index contributed by atoms with van der Waals surface area (Å²) in [5.74, 6) is 1.94. The Hall–Kier alpha value is -1.20. The van der Waals surface area contributed by atoms with Crippen LogP contribution in [0.2, 0.25) is 0 Å². The van der Waals surface area contributed by atoms with Gasteiger partial charge in [0.05, 0.1) is 18.1 Å². The Bertz CT molecular complexity index is 510. The summed E-state index contributed by atoms with van der Waals surface area (Å²) in [4.78, 5) is 10.1. The molecule has 0 aliphatic carbocycles. The number of methoxy groups -OCH3 is 1. The highest BCUT2D eigenvalue weighted by Crippen LogP contribution is 2.23. The van der Waals surface area contributed by atoms with Crippen molar-refractivity contribution in [2.45, 2.75) is 11.6 Å². The molecule has 0 atom stereocenters. The van der Waals surface area contributed by atoms with E-state index in [9.17, 15) is 0 Å². The predicted octanol–water partition coefficient (Wildman–Crippen LogP) is 2.62. The SMILES string of the molecule is COc1ccc2nc(SCCCN(C)C)[nH]c2c1. The molecule has 0 aliphatic rings. The standard InChI is InChI=1S/C13H19N3OS/c1-16(2)7-4-8-18-13-14-11-6-5-10(17-3)9-12(11)15-13/h5-6,9H,4,7-8H2,1-3H3,(H,14,15). The Morgan fingerprint density at radius 1 is 1.39 bits per heavy atom. The molecule has 4 nitrogen and oxygen atoms in total. The zero-order valence-electron chi connectivity index (χ0n) is 11.1. The third kappa shape index (κ3) is 3.40. The van der Waals surface area contributed by atoms with Crippen LogP contribution in [0.15, 0.2) is 23.4 Å². The zero-order chi connectivity index (χ0) is 13.0. The van der Waals surface area contributed by atoms with Gasteiger partial charge in [0, 0.05) is 11.8 Å². The first-order valence-corrected chi connectivity index (χ1v) is 6.99. The molecule has 0 unspecified atom stereocenters. The molecule has 1 aromatic carbocycles. The van der Waals surface area contributed by atoms with Gasteiger partial charge in [0.25, 0.3) is 0 Å².